The van der Waals surface area contributed by atoms with E-state index in [0.29, 0.717) is 5.41 Å². The van der Waals surface area contributed by atoms with Gasteiger partial charge in [-0.3, -0.25) is 5.43 Å². The first-order valence-corrected chi connectivity index (χ1v) is 8.05. The molecule has 1 aliphatic carbocycles. The Kier molecular flexibility index (Phi) is 5.22. The summed E-state index contributed by atoms with van der Waals surface area (Å²) in [5.74, 6) is -0.381. The minimum absolute atomic E-state index is 0.181. The second-order valence-corrected chi connectivity index (χ2v) is 6.77. The van der Waals surface area contributed by atoms with E-state index in [0.717, 1.165) is 24.4 Å². The summed E-state index contributed by atoms with van der Waals surface area (Å²) in [6.07, 6.45) is 5.69. The highest BCUT2D eigenvalue weighted by molar-refractivity contribution is 5.87. The van der Waals surface area contributed by atoms with E-state index in [1.807, 2.05) is 0 Å². The third-order valence-electron chi connectivity index (χ3n) is 5.04. The average Bonchev–Trinajstić information content (AvgIpc) is 2.53. The van der Waals surface area contributed by atoms with Crippen LogP contribution < -0.4 is 10.5 Å². The molecule has 1 saturated carbocycles. The summed E-state index contributed by atoms with van der Waals surface area (Å²) in [4.78, 5) is 10.7. The Bertz CT molecular complexity index is 537. The summed E-state index contributed by atoms with van der Waals surface area (Å²) >= 11 is 0. The van der Waals surface area contributed by atoms with Gasteiger partial charge in [0, 0.05) is 5.71 Å². The van der Waals surface area contributed by atoms with E-state index in [-0.39, 0.29) is 5.56 Å². The maximum atomic E-state index is 10.7. The molecule has 0 heterocycles. The van der Waals surface area contributed by atoms with Crippen LogP contribution >= 0.6 is 0 Å². The number of carbonyl (C=O) groups excluding carboxylic acids is 1. The number of nitrogens with zero attached hydrogens (tertiary/aromatic N) is 1. The number of nitrogens with one attached hydrogen (secondary N) is 1. The SMILES string of the molecule is CCC(C)(C)C1CCC(=NNc2ccc(C(=O)[O-])cc2)CC1. The van der Waals surface area contributed by atoms with Gasteiger partial charge in [-0.15, -0.1) is 0 Å². The summed E-state index contributed by atoms with van der Waals surface area (Å²) in [6, 6.07) is 6.47. The molecule has 0 unspecified atom stereocenters. The molecule has 1 N–H and O–H groups in total. The van der Waals surface area contributed by atoms with Crippen molar-refractivity contribution < 1.29 is 9.90 Å². The van der Waals surface area contributed by atoms with Gasteiger partial charge in [0.15, 0.2) is 0 Å². The van der Waals surface area contributed by atoms with Crippen molar-refractivity contribution in [3.05, 3.63) is 29.8 Å². The highest BCUT2D eigenvalue weighted by atomic mass is 16.4. The van der Waals surface area contributed by atoms with Crippen LogP contribution in [0.15, 0.2) is 29.4 Å². The van der Waals surface area contributed by atoms with Crippen LogP contribution in [-0.2, 0) is 0 Å². The van der Waals surface area contributed by atoms with Gasteiger partial charge in [0.1, 0.15) is 0 Å². The van der Waals surface area contributed by atoms with Crippen LogP contribution in [0.3, 0.4) is 0 Å². The Balaban J connectivity index is 1.89. The lowest BCUT2D eigenvalue weighted by Gasteiger charge is -2.36. The fourth-order valence-corrected chi connectivity index (χ4v) is 2.96. The van der Waals surface area contributed by atoms with E-state index < -0.39 is 5.97 Å². The lowest BCUT2D eigenvalue weighted by atomic mass is 9.69. The molecule has 4 nitrogen and oxygen atoms in total. The molecular formula is C18H25N2O2-. The molecule has 2 rings (SSSR count). The smallest absolute Gasteiger partial charge is 0.0715 e. The van der Waals surface area contributed by atoms with Gasteiger partial charge in [-0.2, -0.15) is 5.10 Å². The van der Waals surface area contributed by atoms with Crippen molar-refractivity contribution in [2.45, 2.75) is 52.9 Å². The van der Waals surface area contributed by atoms with Crippen LogP contribution in [0.2, 0.25) is 0 Å². The number of carbonyl (C=O) groups is 1. The molecule has 0 spiro atoms. The third-order valence-corrected chi connectivity index (χ3v) is 5.04. The van der Waals surface area contributed by atoms with Crippen molar-refractivity contribution >= 4 is 17.4 Å². The molecule has 0 radical (unpaired) electrons. The lowest BCUT2D eigenvalue weighted by Crippen LogP contribution is -2.28. The minimum Gasteiger partial charge on any atom is -0.545 e. The standard InChI is InChI=1S/C18H26N2O2/c1-4-18(2,3)14-7-11-16(12-8-14)20-19-15-9-5-13(6-10-15)17(21)22/h5-6,9-10,14,19H,4,7-8,11-12H2,1-3H3,(H,21,22)/p-1. The number of benzene rings is 1. The molecule has 22 heavy (non-hydrogen) atoms. The zero-order valence-corrected chi connectivity index (χ0v) is 13.7. The molecule has 4 heteroatoms. The first kappa shape index (κ1) is 16.5. The van der Waals surface area contributed by atoms with Gasteiger partial charge in [-0.1, -0.05) is 39.3 Å². The molecule has 0 aliphatic heterocycles. The van der Waals surface area contributed by atoms with Crippen molar-refractivity contribution in [3.63, 3.8) is 0 Å². The van der Waals surface area contributed by atoms with Crippen molar-refractivity contribution in [2.75, 3.05) is 5.43 Å². The number of aromatic carboxylic acids is 1. The van der Waals surface area contributed by atoms with E-state index in [1.165, 1.54) is 37.1 Å². The van der Waals surface area contributed by atoms with Gasteiger partial charge in [0.05, 0.1) is 11.7 Å². The van der Waals surface area contributed by atoms with Gasteiger partial charge in [0.2, 0.25) is 0 Å². The van der Waals surface area contributed by atoms with Gasteiger partial charge >= 0.3 is 0 Å². The number of carboxylic acids is 1. The Morgan fingerprint density at radius 1 is 1.27 bits per heavy atom. The molecule has 0 bridgehead atoms. The predicted octanol–water partition coefficient (Wildman–Crippen LogP) is 3.44. The van der Waals surface area contributed by atoms with Crippen molar-refractivity contribution in [2.24, 2.45) is 16.4 Å². The summed E-state index contributed by atoms with van der Waals surface area (Å²) in [5.41, 5.74) is 5.62. The number of rotatable bonds is 5. The predicted molar refractivity (Wildman–Crippen MR) is 87.9 cm³/mol. The summed E-state index contributed by atoms with van der Waals surface area (Å²) in [5, 5.41) is 15.2. The molecule has 120 valence electrons. The highest BCUT2D eigenvalue weighted by Gasteiger charge is 2.30. The molecule has 1 fully saturated rings. The van der Waals surface area contributed by atoms with Gasteiger partial charge in [0.25, 0.3) is 0 Å². The number of hydrogen-bond acceptors (Lipinski definition) is 4. The molecule has 0 aromatic heterocycles. The van der Waals surface area contributed by atoms with Crippen molar-refractivity contribution in [1.82, 2.24) is 0 Å². The number of anilines is 1. The number of carboxylic acid groups (broad SMARTS) is 1. The molecule has 1 aromatic rings. The van der Waals surface area contributed by atoms with E-state index >= 15 is 0 Å². The molecule has 1 aromatic carbocycles. The first-order chi connectivity index (χ1) is 10.4. The Labute approximate surface area is 132 Å². The van der Waals surface area contributed by atoms with Crippen molar-refractivity contribution in [3.8, 4) is 0 Å². The molecular weight excluding hydrogens is 276 g/mol. The third kappa shape index (κ3) is 4.09. The normalized spacial score (nSPS) is 18.9. The van der Waals surface area contributed by atoms with Crippen molar-refractivity contribution in [1.29, 1.82) is 0 Å². The monoisotopic (exact) mass is 301 g/mol. The van der Waals surface area contributed by atoms with E-state index in [2.05, 4.69) is 31.3 Å². The summed E-state index contributed by atoms with van der Waals surface area (Å²) in [6.45, 7) is 6.98. The van der Waals surface area contributed by atoms with Crippen LogP contribution in [-0.4, -0.2) is 11.7 Å². The summed E-state index contributed by atoms with van der Waals surface area (Å²) in [7, 11) is 0. The van der Waals surface area contributed by atoms with E-state index in [4.69, 9.17) is 0 Å². The van der Waals surface area contributed by atoms with E-state index in [1.54, 1.807) is 12.1 Å². The fraction of sp³-hybridized carbons (Fsp3) is 0.556. The van der Waals surface area contributed by atoms with Gasteiger partial charge in [-0.25, -0.2) is 0 Å². The van der Waals surface area contributed by atoms with Crippen LogP contribution in [0.25, 0.3) is 0 Å². The lowest BCUT2D eigenvalue weighted by molar-refractivity contribution is -0.255. The minimum atomic E-state index is -1.16. The zero-order valence-electron chi connectivity index (χ0n) is 13.7. The van der Waals surface area contributed by atoms with Crippen LogP contribution in [0.4, 0.5) is 5.69 Å². The number of hydrazone groups is 1. The largest absolute Gasteiger partial charge is 0.545 e. The van der Waals surface area contributed by atoms with Crippen LogP contribution in [0.1, 0.15) is 63.2 Å². The summed E-state index contributed by atoms with van der Waals surface area (Å²) < 4.78 is 0. The number of hydrogen-bond donors (Lipinski definition) is 1. The molecule has 0 amide bonds. The molecule has 1 aliphatic rings. The highest BCUT2D eigenvalue weighted by Crippen LogP contribution is 2.39. The zero-order chi connectivity index (χ0) is 16.2. The van der Waals surface area contributed by atoms with Crippen LogP contribution in [0.5, 0.6) is 0 Å². The second-order valence-electron chi connectivity index (χ2n) is 6.77. The van der Waals surface area contributed by atoms with Gasteiger partial charge in [-0.05, 0) is 54.7 Å². The second kappa shape index (κ2) is 6.95. The first-order valence-electron chi connectivity index (χ1n) is 8.05. The maximum Gasteiger partial charge on any atom is 0.0715 e. The quantitative estimate of drug-likeness (QED) is 0.847. The van der Waals surface area contributed by atoms with Gasteiger partial charge < -0.3 is 9.90 Å². The topological polar surface area (TPSA) is 64.5 Å². The van der Waals surface area contributed by atoms with Crippen LogP contribution in [0, 0.1) is 11.3 Å². The molecule has 0 saturated heterocycles. The van der Waals surface area contributed by atoms with E-state index in [9.17, 15) is 9.90 Å². The fourth-order valence-electron chi connectivity index (χ4n) is 2.96. The average molecular weight is 301 g/mol. The maximum absolute atomic E-state index is 10.7. The Morgan fingerprint density at radius 3 is 2.36 bits per heavy atom. The molecule has 0 atom stereocenters. The Morgan fingerprint density at radius 2 is 1.86 bits per heavy atom. The Hall–Kier alpha value is -1.84.